The molecule has 0 unspecified atom stereocenters. The van der Waals surface area contributed by atoms with Crippen molar-refractivity contribution in [1.29, 1.82) is 0 Å². The molecule has 0 aliphatic rings. The van der Waals surface area contributed by atoms with Crippen LogP contribution >= 0.6 is 12.6 Å². The number of carbonyl (C=O) groups is 1. The molecule has 0 N–H and O–H groups in total. The summed E-state index contributed by atoms with van der Waals surface area (Å²) in [7, 11) is 1.81. The molecule has 0 spiro atoms. The van der Waals surface area contributed by atoms with Gasteiger partial charge in [0.05, 0.1) is 5.75 Å². The van der Waals surface area contributed by atoms with E-state index < -0.39 is 0 Å². The van der Waals surface area contributed by atoms with Crippen molar-refractivity contribution in [1.82, 2.24) is 4.90 Å². The normalized spacial score (nSPS) is 10.5. The van der Waals surface area contributed by atoms with Crippen LogP contribution in [0.5, 0.6) is 0 Å². The molecule has 17 heavy (non-hydrogen) atoms. The summed E-state index contributed by atoms with van der Waals surface area (Å²) < 4.78 is 0. The number of amides is 1. The molecule has 1 amide bonds. The fraction of sp³-hybridized carbons (Fsp3) is 0.214. The van der Waals surface area contributed by atoms with Gasteiger partial charge in [0.2, 0.25) is 5.91 Å². The fourth-order valence-corrected chi connectivity index (χ4v) is 2.14. The second-order valence-corrected chi connectivity index (χ2v) is 4.36. The van der Waals surface area contributed by atoms with Crippen LogP contribution in [0.1, 0.15) is 5.56 Å². The van der Waals surface area contributed by atoms with Crippen LogP contribution in [-0.2, 0) is 11.3 Å². The third-order valence-corrected chi connectivity index (χ3v) is 3.12. The Morgan fingerprint density at radius 1 is 1.18 bits per heavy atom. The fourth-order valence-electron chi connectivity index (χ4n) is 1.89. The number of nitrogens with zero attached hydrogens (tertiary/aromatic N) is 1. The zero-order chi connectivity index (χ0) is 12.3. The van der Waals surface area contributed by atoms with Gasteiger partial charge in [0, 0.05) is 13.6 Å². The highest BCUT2D eigenvalue weighted by Crippen LogP contribution is 2.19. The first-order valence-corrected chi connectivity index (χ1v) is 6.17. The first-order chi connectivity index (χ1) is 8.22. The molecule has 3 heteroatoms. The molecule has 2 aromatic carbocycles. The van der Waals surface area contributed by atoms with Gasteiger partial charge in [-0.25, -0.2) is 0 Å². The summed E-state index contributed by atoms with van der Waals surface area (Å²) in [4.78, 5) is 13.2. The van der Waals surface area contributed by atoms with Gasteiger partial charge in [-0.3, -0.25) is 4.79 Å². The second-order valence-electron chi connectivity index (χ2n) is 4.05. The molecule has 0 radical (unpaired) electrons. The minimum absolute atomic E-state index is 0.0428. The largest absolute Gasteiger partial charge is 0.341 e. The molecule has 0 aliphatic carbocycles. The number of rotatable bonds is 3. The first kappa shape index (κ1) is 12.0. The van der Waals surface area contributed by atoms with Gasteiger partial charge in [-0.05, 0) is 16.3 Å². The van der Waals surface area contributed by atoms with Gasteiger partial charge in [-0.15, -0.1) is 0 Å². The number of hydrogen-bond acceptors (Lipinski definition) is 2. The van der Waals surface area contributed by atoms with Crippen LogP contribution in [0.3, 0.4) is 0 Å². The maximum absolute atomic E-state index is 11.5. The Labute approximate surface area is 107 Å². The van der Waals surface area contributed by atoms with Crippen LogP contribution in [0.15, 0.2) is 42.5 Å². The van der Waals surface area contributed by atoms with Crippen molar-refractivity contribution >= 4 is 29.3 Å². The molecule has 0 aromatic heterocycles. The summed E-state index contributed by atoms with van der Waals surface area (Å²) in [6.07, 6.45) is 0. The number of thiol groups is 1. The van der Waals surface area contributed by atoms with Crippen LogP contribution in [-0.4, -0.2) is 23.6 Å². The molecular weight excluding hydrogens is 230 g/mol. The molecule has 0 fully saturated rings. The molecule has 2 aromatic rings. The highest BCUT2D eigenvalue weighted by atomic mass is 32.1. The number of hydrogen-bond donors (Lipinski definition) is 1. The van der Waals surface area contributed by atoms with Crippen LogP contribution in [0, 0.1) is 0 Å². The quantitative estimate of drug-likeness (QED) is 0.824. The Balaban J connectivity index is 2.33. The van der Waals surface area contributed by atoms with E-state index in [4.69, 9.17) is 0 Å². The van der Waals surface area contributed by atoms with Crippen molar-refractivity contribution in [3.05, 3.63) is 48.0 Å². The Kier molecular flexibility index (Phi) is 3.69. The number of benzene rings is 2. The SMILES string of the molecule is CN(Cc1cccc2ccccc12)C(=O)CS. The molecule has 2 nitrogen and oxygen atoms in total. The lowest BCUT2D eigenvalue weighted by atomic mass is 10.0. The number of fused-ring (bicyclic) bond motifs is 1. The Hall–Kier alpha value is -1.48. The Bertz CT molecular complexity index is 533. The van der Waals surface area contributed by atoms with E-state index in [0.29, 0.717) is 6.54 Å². The summed E-state index contributed by atoms with van der Waals surface area (Å²) in [6, 6.07) is 14.4. The van der Waals surface area contributed by atoms with Gasteiger partial charge in [0.15, 0.2) is 0 Å². The van der Waals surface area contributed by atoms with E-state index in [2.05, 4.69) is 36.9 Å². The highest BCUT2D eigenvalue weighted by Gasteiger charge is 2.08. The predicted molar refractivity (Wildman–Crippen MR) is 74.3 cm³/mol. The third-order valence-electron chi connectivity index (χ3n) is 2.85. The van der Waals surface area contributed by atoms with E-state index in [9.17, 15) is 4.79 Å². The van der Waals surface area contributed by atoms with Crippen LogP contribution in [0.2, 0.25) is 0 Å². The van der Waals surface area contributed by atoms with Crippen LogP contribution < -0.4 is 0 Å². The first-order valence-electron chi connectivity index (χ1n) is 5.54. The van der Waals surface area contributed by atoms with Gasteiger partial charge in [0.1, 0.15) is 0 Å². The maximum atomic E-state index is 11.5. The van der Waals surface area contributed by atoms with Crippen molar-refractivity contribution in [3.63, 3.8) is 0 Å². The van der Waals surface area contributed by atoms with Gasteiger partial charge in [-0.1, -0.05) is 42.5 Å². The van der Waals surface area contributed by atoms with Crippen molar-refractivity contribution in [3.8, 4) is 0 Å². The lowest BCUT2D eigenvalue weighted by Crippen LogP contribution is -2.27. The summed E-state index contributed by atoms with van der Waals surface area (Å²) >= 11 is 4.00. The van der Waals surface area contributed by atoms with E-state index in [0.717, 1.165) is 0 Å². The molecule has 0 heterocycles. The van der Waals surface area contributed by atoms with Crippen molar-refractivity contribution in [2.75, 3.05) is 12.8 Å². The summed E-state index contributed by atoms with van der Waals surface area (Å²) in [5.41, 5.74) is 1.17. The standard InChI is InChI=1S/C14H15NOS/c1-15(14(16)10-17)9-12-7-4-6-11-5-2-3-8-13(11)12/h2-8,17H,9-10H2,1H3. The molecule has 88 valence electrons. The molecule has 0 atom stereocenters. The van der Waals surface area contributed by atoms with E-state index in [-0.39, 0.29) is 11.7 Å². The summed E-state index contributed by atoms with van der Waals surface area (Å²) in [6.45, 7) is 0.626. The number of carbonyl (C=O) groups excluding carboxylic acids is 1. The lowest BCUT2D eigenvalue weighted by Gasteiger charge is -2.17. The minimum Gasteiger partial charge on any atom is -0.341 e. The summed E-state index contributed by atoms with van der Waals surface area (Å²) in [5.74, 6) is 0.294. The van der Waals surface area contributed by atoms with E-state index in [1.165, 1.54) is 16.3 Å². The molecular formula is C14H15NOS. The average Bonchev–Trinajstić information content (AvgIpc) is 2.38. The average molecular weight is 245 g/mol. The van der Waals surface area contributed by atoms with Crippen molar-refractivity contribution < 1.29 is 4.79 Å². The van der Waals surface area contributed by atoms with E-state index in [1.807, 2.05) is 18.2 Å². The van der Waals surface area contributed by atoms with Gasteiger partial charge < -0.3 is 4.90 Å². The van der Waals surface area contributed by atoms with Gasteiger partial charge in [0.25, 0.3) is 0 Å². The molecule has 2 rings (SSSR count). The third kappa shape index (κ3) is 2.61. The van der Waals surface area contributed by atoms with Crippen molar-refractivity contribution in [2.24, 2.45) is 0 Å². The maximum Gasteiger partial charge on any atom is 0.232 e. The minimum atomic E-state index is 0.0428. The van der Waals surface area contributed by atoms with E-state index >= 15 is 0 Å². The highest BCUT2D eigenvalue weighted by molar-refractivity contribution is 7.81. The molecule has 0 bridgehead atoms. The van der Waals surface area contributed by atoms with Crippen molar-refractivity contribution in [2.45, 2.75) is 6.54 Å². The van der Waals surface area contributed by atoms with E-state index in [1.54, 1.807) is 11.9 Å². The molecule has 0 saturated carbocycles. The zero-order valence-corrected chi connectivity index (χ0v) is 10.7. The van der Waals surface area contributed by atoms with Crippen LogP contribution in [0.4, 0.5) is 0 Å². The Morgan fingerprint density at radius 3 is 2.65 bits per heavy atom. The zero-order valence-electron chi connectivity index (χ0n) is 9.76. The molecule has 0 saturated heterocycles. The summed E-state index contributed by atoms with van der Waals surface area (Å²) in [5, 5.41) is 2.41. The lowest BCUT2D eigenvalue weighted by molar-refractivity contribution is -0.127. The smallest absolute Gasteiger partial charge is 0.232 e. The Morgan fingerprint density at radius 2 is 1.88 bits per heavy atom. The monoisotopic (exact) mass is 245 g/mol. The van der Waals surface area contributed by atoms with Gasteiger partial charge in [-0.2, -0.15) is 12.6 Å². The second kappa shape index (κ2) is 5.23. The van der Waals surface area contributed by atoms with Gasteiger partial charge >= 0.3 is 0 Å². The predicted octanol–water partition coefficient (Wildman–Crippen LogP) is 2.73. The molecule has 0 aliphatic heterocycles. The van der Waals surface area contributed by atoms with Crippen LogP contribution in [0.25, 0.3) is 10.8 Å². The topological polar surface area (TPSA) is 20.3 Å².